The number of fused-ring (bicyclic) bond motifs is 1. The van der Waals surface area contributed by atoms with E-state index < -0.39 is 0 Å². The number of nitrogens with zero attached hydrogens (tertiary/aromatic N) is 3. The summed E-state index contributed by atoms with van der Waals surface area (Å²) in [5.74, 6) is 0.0445. The highest BCUT2D eigenvalue weighted by molar-refractivity contribution is 6.33. The molecule has 0 bridgehead atoms. The van der Waals surface area contributed by atoms with Gasteiger partial charge in [-0.2, -0.15) is 0 Å². The topological polar surface area (TPSA) is 73.0 Å². The molecule has 0 radical (unpaired) electrons. The van der Waals surface area contributed by atoms with Gasteiger partial charge in [0.25, 0.3) is 11.8 Å². The van der Waals surface area contributed by atoms with Gasteiger partial charge in [0, 0.05) is 44.3 Å². The Bertz CT molecular complexity index is 1560. The SMILES string of the molecule is O=C(NCc1ccccc1)N1CCC2(CC1)CCN(C(=O)c1ccc3c(c1)C(N(C(=O)c1ccccc1Cl)C1CC1)CC3)C2. The van der Waals surface area contributed by atoms with Gasteiger partial charge in [0.1, 0.15) is 0 Å². The van der Waals surface area contributed by atoms with Crippen molar-refractivity contribution in [2.45, 2.75) is 63.6 Å². The highest BCUT2D eigenvalue weighted by Crippen LogP contribution is 2.44. The predicted molar refractivity (Wildman–Crippen MR) is 171 cm³/mol. The average Bonchev–Trinajstić information content (AvgIpc) is 3.68. The Hall–Kier alpha value is -3.84. The second-order valence-corrected chi connectivity index (χ2v) is 13.4. The third kappa shape index (κ3) is 5.70. The van der Waals surface area contributed by atoms with Crippen molar-refractivity contribution >= 4 is 29.4 Å². The van der Waals surface area contributed by atoms with Gasteiger partial charge in [-0.05, 0) is 91.3 Å². The van der Waals surface area contributed by atoms with Crippen molar-refractivity contribution in [2.75, 3.05) is 26.2 Å². The molecular weight excluding hydrogens is 572 g/mol. The number of urea groups is 1. The molecule has 3 aromatic rings. The summed E-state index contributed by atoms with van der Waals surface area (Å²) in [7, 11) is 0. The lowest BCUT2D eigenvalue weighted by molar-refractivity contribution is 0.0658. The molecule has 3 aromatic carbocycles. The summed E-state index contributed by atoms with van der Waals surface area (Å²) >= 11 is 6.44. The first-order valence-corrected chi connectivity index (χ1v) is 16.3. The zero-order chi connectivity index (χ0) is 30.3. The maximum absolute atomic E-state index is 13.8. The summed E-state index contributed by atoms with van der Waals surface area (Å²) in [5.41, 5.74) is 4.72. The van der Waals surface area contributed by atoms with Crippen molar-refractivity contribution in [3.63, 3.8) is 0 Å². The van der Waals surface area contributed by atoms with Crippen molar-refractivity contribution in [3.8, 4) is 0 Å². The average molecular weight is 611 g/mol. The number of halogens is 1. The summed E-state index contributed by atoms with van der Waals surface area (Å²) in [4.78, 5) is 46.3. The minimum atomic E-state index is -0.0451. The first kappa shape index (κ1) is 28.9. The number of nitrogens with one attached hydrogen (secondary N) is 1. The Morgan fingerprint density at radius 1 is 0.864 bits per heavy atom. The van der Waals surface area contributed by atoms with Crippen LogP contribution in [0.1, 0.15) is 82.0 Å². The molecule has 2 saturated heterocycles. The molecule has 7 nitrogen and oxygen atoms in total. The molecule has 1 atom stereocenters. The molecule has 44 heavy (non-hydrogen) atoms. The first-order valence-electron chi connectivity index (χ1n) is 16.0. The van der Waals surface area contributed by atoms with Crippen LogP contribution in [-0.4, -0.2) is 64.8 Å². The van der Waals surface area contributed by atoms with Crippen LogP contribution in [0.2, 0.25) is 5.02 Å². The minimum absolute atomic E-state index is 0.0180. The van der Waals surface area contributed by atoms with Gasteiger partial charge in [0.2, 0.25) is 0 Å². The Balaban J connectivity index is 0.999. The molecule has 2 heterocycles. The van der Waals surface area contributed by atoms with Crippen LogP contribution in [0.25, 0.3) is 0 Å². The normalized spacial score (nSPS) is 20.4. The van der Waals surface area contributed by atoms with E-state index in [2.05, 4.69) is 17.4 Å². The molecule has 0 aromatic heterocycles. The Morgan fingerprint density at radius 2 is 1.57 bits per heavy atom. The Labute approximate surface area is 264 Å². The van der Waals surface area contributed by atoms with Crippen LogP contribution < -0.4 is 5.32 Å². The molecule has 1 spiro atoms. The van der Waals surface area contributed by atoms with Crippen LogP contribution >= 0.6 is 11.6 Å². The van der Waals surface area contributed by atoms with Crippen molar-refractivity contribution in [3.05, 3.63) is 106 Å². The maximum Gasteiger partial charge on any atom is 0.317 e. The van der Waals surface area contributed by atoms with Gasteiger partial charge < -0.3 is 20.0 Å². The fraction of sp³-hybridized carbons (Fsp3) is 0.417. The van der Waals surface area contributed by atoms with Crippen LogP contribution in [-0.2, 0) is 13.0 Å². The molecule has 1 unspecified atom stereocenters. The fourth-order valence-corrected chi connectivity index (χ4v) is 7.68. The van der Waals surface area contributed by atoms with Gasteiger partial charge in [0.05, 0.1) is 16.6 Å². The molecule has 4 amide bonds. The van der Waals surface area contributed by atoms with Crippen molar-refractivity contribution in [1.29, 1.82) is 0 Å². The maximum atomic E-state index is 13.8. The van der Waals surface area contributed by atoms with Crippen molar-refractivity contribution in [2.24, 2.45) is 5.41 Å². The van der Waals surface area contributed by atoms with E-state index in [1.54, 1.807) is 12.1 Å². The third-order valence-electron chi connectivity index (χ3n) is 10.2. The van der Waals surface area contributed by atoms with E-state index in [-0.39, 0.29) is 35.3 Å². The Morgan fingerprint density at radius 3 is 2.30 bits per heavy atom. The van der Waals surface area contributed by atoms with E-state index in [1.807, 2.05) is 63.2 Å². The number of carbonyl (C=O) groups is 3. The Kier molecular flexibility index (Phi) is 7.83. The van der Waals surface area contributed by atoms with Gasteiger partial charge in [-0.15, -0.1) is 0 Å². The summed E-state index contributed by atoms with van der Waals surface area (Å²) in [6.07, 6.45) is 6.54. The van der Waals surface area contributed by atoms with E-state index >= 15 is 0 Å². The second kappa shape index (κ2) is 11.9. The molecule has 2 aliphatic carbocycles. The summed E-state index contributed by atoms with van der Waals surface area (Å²) < 4.78 is 0. The van der Waals surface area contributed by atoms with Gasteiger partial charge in [-0.25, -0.2) is 4.79 Å². The molecule has 4 aliphatic rings. The van der Waals surface area contributed by atoms with Crippen molar-refractivity contribution < 1.29 is 14.4 Å². The quantitative estimate of drug-likeness (QED) is 0.348. The zero-order valence-electron chi connectivity index (χ0n) is 25.0. The standard InChI is InChI=1S/C36H39ClN4O3/c37-31-9-5-4-8-29(31)34(43)41(28-13-14-28)32-15-12-26-10-11-27(22-30(26)32)33(42)40-21-18-36(24-40)16-19-39(20-17-36)35(44)38-23-25-6-2-1-3-7-25/h1-11,22,28,32H,12-21,23-24H2,(H,38,44). The zero-order valence-corrected chi connectivity index (χ0v) is 25.8. The van der Waals surface area contributed by atoms with E-state index in [0.29, 0.717) is 35.8 Å². The van der Waals surface area contributed by atoms with Crippen LogP contribution in [0.15, 0.2) is 72.8 Å². The number of likely N-dealkylation sites (tertiary alicyclic amines) is 2. The molecule has 2 aliphatic heterocycles. The first-order chi connectivity index (χ1) is 21.4. The van der Waals surface area contributed by atoms with Crippen LogP contribution in [0.3, 0.4) is 0 Å². The van der Waals surface area contributed by atoms with Crippen LogP contribution in [0.5, 0.6) is 0 Å². The number of amides is 4. The van der Waals surface area contributed by atoms with Gasteiger partial charge in [-0.3, -0.25) is 9.59 Å². The van der Waals surface area contributed by atoms with Crippen LogP contribution in [0.4, 0.5) is 4.79 Å². The molecule has 228 valence electrons. The number of piperidine rings is 1. The van der Waals surface area contributed by atoms with Gasteiger partial charge >= 0.3 is 6.03 Å². The summed E-state index contributed by atoms with van der Waals surface area (Å²) in [6.45, 7) is 3.40. The number of hydrogen-bond acceptors (Lipinski definition) is 3. The molecule has 3 fully saturated rings. The molecule has 1 saturated carbocycles. The largest absolute Gasteiger partial charge is 0.338 e. The number of hydrogen-bond donors (Lipinski definition) is 1. The van der Waals surface area contributed by atoms with Gasteiger partial charge in [0.15, 0.2) is 0 Å². The molecule has 1 N–H and O–H groups in total. The minimum Gasteiger partial charge on any atom is -0.338 e. The fourth-order valence-electron chi connectivity index (χ4n) is 7.46. The molecular formula is C36H39ClN4O3. The lowest BCUT2D eigenvalue weighted by Gasteiger charge is -2.39. The lowest BCUT2D eigenvalue weighted by Crippen LogP contribution is -2.48. The predicted octanol–water partition coefficient (Wildman–Crippen LogP) is 6.47. The number of aryl methyl sites for hydroxylation is 1. The van der Waals surface area contributed by atoms with E-state index in [9.17, 15) is 14.4 Å². The lowest BCUT2D eigenvalue weighted by atomic mass is 9.78. The summed E-state index contributed by atoms with van der Waals surface area (Å²) in [6, 6.07) is 23.5. The number of benzene rings is 3. The van der Waals surface area contributed by atoms with E-state index in [0.717, 1.165) is 69.2 Å². The van der Waals surface area contributed by atoms with Crippen LogP contribution in [0, 0.1) is 5.41 Å². The van der Waals surface area contributed by atoms with Gasteiger partial charge in [-0.1, -0.05) is 60.1 Å². The monoisotopic (exact) mass is 610 g/mol. The van der Waals surface area contributed by atoms with E-state index in [1.165, 1.54) is 5.56 Å². The number of rotatable bonds is 6. The smallest absolute Gasteiger partial charge is 0.317 e. The molecule has 8 heteroatoms. The van der Waals surface area contributed by atoms with Crippen molar-refractivity contribution in [1.82, 2.24) is 20.0 Å². The number of carbonyl (C=O) groups excluding carboxylic acids is 3. The third-order valence-corrected chi connectivity index (χ3v) is 10.5. The molecule has 7 rings (SSSR count). The van der Waals surface area contributed by atoms with E-state index in [4.69, 9.17) is 11.6 Å². The second-order valence-electron chi connectivity index (χ2n) is 13.0. The summed E-state index contributed by atoms with van der Waals surface area (Å²) in [5, 5.41) is 3.53. The highest BCUT2D eigenvalue weighted by Gasteiger charge is 2.44. The highest BCUT2D eigenvalue weighted by atomic mass is 35.5.